The molecule has 20 heavy (non-hydrogen) atoms. The minimum absolute atomic E-state index is 0.190. The van der Waals surface area contributed by atoms with Gasteiger partial charge in [0.05, 0.1) is 19.3 Å². The molecule has 0 aromatic heterocycles. The molecule has 0 saturated heterocycles. The molecule has 1 atom stereocenters. The van der Waals surface area contributed by atoms with Crippen LogP contribution < -0.4 is 0 Å². The Morgan fingerprint density at radius 1 is 0.900 bits per heavy atom. The second kappa shape index (κ2) is 12.7. The lowest BCUT2D eigenvalue weighted by molar-refractivity contribution is -0.333. The molecular weight excluding hydrogens is 287 g/mol. The van der Waals surface area contributed by atoms with Gasteiger partial charge in [0.2, 0.25) is 0 Å². The van der Waals surface area contributed by atoms with Gasteiger partial charge in [0.15, 0.2) is 0 Å². The first-order valence-electron chi connectivity index (χ1n) is 7.15. The van der Waals surface area contributed by atoms with Crippen LogP contribution in [0.1, 0.15) is 59.8 Å². The molecule has 122 valence electrons. The summed E-state index contributed by atoms with van der Waals surface area (Å²) in [5, 5.41) is 0. The number of rotatable bonds is 14. The smallest absolute Gasteiger partial charge is 0.227 e. The van der Waals surface area contributed by atoms with Crippen LogP contribution in [0.25, 0.3) is 0 Å². The van der Waals surface area contributed by atoms with Crippen LogP contribution in [0.5, 0.6) is 0 Å². The lowest BCUT2D eigenvalue weighted by atomic mass is 10.1. The highest BCUT2D eigenvalue weighted by Gasteiger charge is 2.33. The van der Waals surface area contributed by atoms with E-state index < -0.39 is 7.82 Å². The van der Waals surface area contributed by atoms with E-state index in [0.29, 0.717) is 0 Å². The SMILES string of the molecule is CCCCCCC(C)OOP(=O)(OOCC)OOCC. The Labute approximate surface area is 121 Å². The van der Waals surface area contributed by atoms with Gasteiger partial charge in [0.1, 0.15) is 0 Å². The average Bonchev–Trinajstić information content (AvgIpc) is 2.46. The van der Waals surface area contributed by atoms with Gasteiger partial charge in [-0.2, -0.15) is 0 Å². The predicted octanol–water partition coefficient (Wildman–Crippen LogP) is 4.34. The predicted molar refractivity (Wildman–Crippen MR) is 73.4 cm³/mol. The summed E-state index contributed by atoms with van der Waals surface area (Å²) in [5.74, 6) is 0. The Morgan fingerprint density at radius 2 is 1.50 bits per heavy atom. The van der Waals surface area contributed by atoms with Crippen molar-refractivity contribution in [2.75, 3.05) is 13.2 Å². The molecule has 0 fully saturated rings. The molecule has 0 rings (SSSR count). The molecule has 0 aliphatic rings. The molecule has 0 spiro atoms. The van der Waals surface area contributed by atoms with E-state index in [1.54, 1.807) is 13.8 Å². The van der Waals surface area contributed by atoms with E-state index in [4.69, 9.17) is 9.56 Å². The largest absolute Gasteiger partial charge is 0.556 e. The highest BCUT2D eigenvalue weighted by molar-refractivity contribution is 7.48. The van der Waals surface area contributed by atoms with Gasteiger partial charge in [-0.25, -0.2) is 19.2 Å². The summed E-state index contributed by atoms with van der Waals surface area (Å²) in [6.07, 6.45) is 5.07. The number of phosphoric acid groups is 1. The van der Waals surface area contributed by atoms with Crippen LogP contribution in [0, 0.1) is 0 Å². The normalized spacial score (nSPS) is 13.6. The van der Waals surface area contributed by atoms with Gasteiger partial charge in [0, 0.05) is 0 Å². The van der Waals surface area contributed by atoms with Crippen LogP contribution in [-0.2, 0) is 33.3 Å². The Balaban J connectivity index is 4.00. The van der Waals surface area contributed by atoms with Crippen LogP contribution in [-0.4, -0.2) is 19.3 Å². The van der Waals surface area contributed by atoms with Crippen LogP contribution in [0.3, 0.4) is 0 Å². The van der Waals surface area contributed by atoms with Gasteiger partial charge in [-0.05, 0) is 27.2 Å². The van der Waals surface area contributed by atoms with Crippen molar-refractivity contribution in [3.63, 3.8) is 0 Å². The molecule has 8 heteroatoms. The van der Waals surface area contributed by atoms with Crippen LogP contribution in [0.4, 0.5) is 0 Å². The summed E-state index contributed by atoms with van der Waals surface area (Å²) in [6, 6.07) is 0. The van der Waals surface area contributed by atoms with Crippen LogP contribution in [0.2, 0.25) is 0 Å². The zero-order valence-electron chi connectivity index (χ0n) is 12.8. The Kier molecular flexibility index (Phi) is 12.7. The molecule has 0 N–H and O–H groups in total. The van der Waals surface area contributed by atoms with Gasteiger partial charge < -0.3 is 0 Å². The van der Waals surface area contributed by atoms with Crippen molar-refractivity contribution in [1.29, 1.82) is 0 Å². The number of hydrogen-bond acceptors (Lipinski definition) is 7. The average molecular weight is 314 g/mol. The van der Waals surface area contributed by atoms with Crippen molar-refractivity contribution in [3.8, 4) is 0 Å². The second-order valence-electron chi connectivity index (χ2n) is 4.24. The molecule has 0 bridgehead atoms. The molecular formula is C12H27O7P. The fourth-order valence-electron chi connectivity index (χ4n) is 1.30. The van der Waals surface area contributed by atoms with Crippen molar-refractivity contribution in [2.45, 2.75) is 65.9 Å². The van der Waals surface area contributed by atoms with Crippen LogP contribution >= 0.6 is 7.82 Å². The van der Waals surface area contributed by atoms with Gasteiger partial charge in [-0.15, -0.1) is 14.0 Å². The first kappa shape index (κ1) is 20.0. The monoisotopic (exact) mass is 314 g/mol. The Hall–Kier alpha value is -0.0100. The van der Waals surface area contributed by atoms with E-state index in [1.165, 1.54) is 12.8 Å². The fraction of sp³-hybridized carbons (Fsp3) is 1.00. The molecule has 1 unspecified atom stereocenters. The summed E-state index contributed by atoms with van der Waals surface area (Å²) < 4.78 is 25.8. The van der Waals surface area contributed by atoms with E-state index in [2.05, 4.69) is 26.0 Å². The maximum absolute atomic E-state index is 12.0. The summed E-state index contributed by atoms with van der Waals surface area (Å²) in [5.41, 5.74) is 0. The molecule has 0 saturated carbocycles. The summed E-state index contributed by atoms with van der Waals surface area (Å²) in [4.78, 5) is 14.1. The molecule has 0 amide bonds. The quantitative estimate of drug-likeness (QED) is 0.204. The summed E-state index contributed by atoms with van der Waals surface area (Å²) in [7, 11) is -4.02. The lowest BCUT2D eigenvalue weighted by Gasteiger charge is -2.16. The van der Waals surface area contributed by atoms with Crippen molar-refractivity contribution in [1.82, 2.24) is 0 Å². The molecule has 0 heterocycles. The van der Waals surface area contributed by atoms with E-state index in [1.807, 2.05) is 6.92 Å². The van der Waals surface area contributed by atoms with E-state index in [9.17, 15) is 4.57 Å². The van der Waals surface area contributed by atoms with Gasteiger partial charge in [0.25, 0.3) is 0 Å². The first-order valence-corrected chi connectivity index (χ1v) is 8.61. The number of hydrogen-bond donors (Lipinski definition) is 0. The van der Waals surface area contributed by atoms with Gasteiger partial charge >= 0.3 is 7.82 Å². The van der Waals surface area contributed by atoms with Crippen molar-refractivity contribution < 1.29 is 33.3 Å². The standard InChI is InChI=1S/C12H27O7P/c1-5-8-9-10-11-12(4)16-19-20(13,17-14-6-2)18-15-7-3/h12H,5-11H2,1-4H3. The zero-order chi connectivity index (χ0) is 15.3. The van der Waals surface area contributed by atoms with E-state index >= 15 is 0 Å². The van der Waals surface area contributed by atoms with Crippen molar-refractivity contribution in [3.05, 3.63) is 0 Å². The van der Waals surface area contributed by atoms with Crippen molar-refractivity contribution in [2.24, 2.45) is 0 Å². The third-order valence-electron chi connectivity index (χ3n) is 2.29. The molecule has 0 aliphatic heterocycles. The minimum Gasteiger partial charge on any atom is -0.227 e. The molecule has 7 nitrogen and oxygen atoms in total. The van der Waals surface area contributed by atoms with Crippen molar-refractivity contribution >= 4 is 7.82 Å². The molecule has 0 radical (unpaired) electrons. The van der Waals surface area contributed by atoms with E-state index in [-0.39, 0.29) is 19.3 Å². The highest BCUT2D eigenvalue weighted by atomic mass is 31.2. The zero-order valence-corrected chi connectivity index (χ0v) is 13.7. The molecule has 0 aromatic rings. The lowest BCUT2D eigenvalue weighted by Crippen LogP contribution is -2.10. The summed E-state index contributed by atoms with van der Waals surface area (Å²) >= 11 is 0. The minimum atomic E-state index is -4.02. The van der Waals surface area contributed by atoms with Gasteiger partial charge in [-0.1, -0.05) is 32.6 Å². The maximum Gasteiger partial charge on any atom is 0.556 e. The number of unbranched alkanes of at least 4 members (excludes halogenated alkanes) is 3. The summed E-state index contributed by atoms with van der Waals surface area (Å²) in [6.45, 7) is 7.68. The maximum atomic E-state index is 12.0. The first-order chi connectivity index (χ1) is 9.58. The Morgan fingerprint density at radius 3 is 2.00 bits per heavy atom. The molecule has 0 aliphatic carbocycles. The second-order valence-corrected chi connectivity index (χ2v) is 5.58. The van der Waals surface area contributed by atoms with E-state index in [0.717, 1.165) is 19.3 Å². The van der Waals surface area contributed by atoms with Gasteiger partial charge in [-0.3, -0.25) is 0 Å². The van der Waals surface area contributed by atoms with Crippen LogP contribution in [0.15, 0.2) is 0 Å². The fourth-order valence-corrected chi connectivity index (χ4v) is 2.10. The highest BCUT2D eigenvalue weighted by Crippen LogP contribution is 2.50. The molecule has 0 aromatic carbocycles. The third kappa shape index (κ3) is 10.7. The Bertz CT molecular complexity index is 250. The third-order valence-corrected chi connectivity index (χ3v) is 3.13. The topological polar surface area (TPSA) is 72.5 Å².